The van der Waals surface area contributed by atoms with E-state index in [0.717, 1.165) is 0 Å². The van der Waals surface area contributed by atoms with Crippen LogP contribution in [0.5, 0.6) is 0 Å². The molecule has 0 fully saturated rings. The maximum atomic E-state index is 13.7. The van der Waals surface area contributed by atoms with Crippen molar-refractivity contribution in [3.05, 3.63) is 45.2 Å². The van der Waals surface area contributed by atoms with Crippen LogP contribution in [-0.2, 0) is 0 Å². The van der Waals surface area contributed by atoms with E-state index >= 15 is 0 Å². The smallest absolute Gasteiger partial charge is 0.143 e. The summed E-state index contributed by atoms with van der Waals surface area (Å²) in [5.74, 6) is -0.422. The van der Waals surface area contributed by atoms with Gasteiger partial charge in [-0.1, -0.05) is 34.8 Å². The minimum Gasteiger partial charge on any atom is -0.382 e. The van der Waals surface area contributed by atoms with Gasteiger partial charge in [0.2, 0.25) is 0 Å². The summed E-state index contributed by atoms with van der Waals surface area (Å²) >= 11 is 17.4. The van der Waals surface area contributed by atoms with Crippen LogP contribution < -0.4 is 5.73 Å². The van der Waals surface area contributed by atoms with Gasteiger partial charge < -0.3 is 5.73 Å². The van der Waals surface area contributed by atoms with Crippen molar-refractivity contribution in [1.29, 1.82) is 0 Å². The Balaban J connectivity index is 2.64. The van der Waals surface area contributed by atoms with Gasteiger partial charge in [-0.05, 0) is 24.3 Å². The molecule has 1 aromatic heterocycles. The van der Waals surface area contributed by atoms with Gasteiger partial charge in [0, 0.05) is 10.6 Å². The number of nitrogens with two attached hydrogens (primary N) is 1. The lowest BCUT2D eigenvalue weighted by atomic mass is 10.1. The number of nitrogen functional groups attached to an aromatic ring is 1. The number of benzene rings is 1. The Labute approximate surface area is 112 Å². The summed E-state index contributed by atoms with van der Waals surface area (Å²) in [4.78, 5) is 3.96. The van der Waals surface area contributed by atoms with E-state index in [9.17, 15) is 4.39 Å². The van der Waals surface area contributed by atoms with E-state index in [1.54, 1.807) is 6.07 Å². The molecule has 1 heterocycles. The fourth-order valence-electron chi connectivity index (χ4n) is 1.35. The van der Waals surface area contributed by atoms with E-state index in [2.05, 4.69) is 4.98 Å². The van der Waals surface area contributed by atoms with Crippen LogP contribution in [0.15, 0.2) is 24.3 Å². The summed E-state index contributed by atoms with van der Waals surface area (Å²) < 4.78 is 13.7. The van der Waals surface area contributed by atoms with Crippen LogP contribution in [0.4, 0.5) is 10.2 Å². The second kappa shape index (κ2) is 4.69. The summed E-state index contributed by atoms with van der Waals surface area (Å²) in [5.41, 5.74) is 6.02. The van der Waals surface area contributed by atoms with E-state index < -0.39 is 5.82 Å². The van der Waals surface area contributed by atoms with Crippen molar-refractivity contribution >= 4 is 40.6 Å². The largest absolute Gasteiger partial charge is 0.382 e. The monoisotopic (exact) mass is 290 g/mol. The molecular weight excluding hydrogens is 285 g/mol. The molecule has 0 bridgehead atoms. The first kappa shape index (κ1) is 12.4. The minimum atomic E-state index is -0.520. The van der Waals surface area contributed by atoms with E-state index in [4.69, 9.17) is 40.5 Å². The summed E-state index contributed by atoms with van der Waals surface area (Å²) in [6.07, 6.45) is 0. The van der Waals surface area contributed by atoms with Crippen LogP contribution in [-0.4, -0.2) is 4.98 Å². The third-order valence-electron chi connectivity index (χ3n) is 2.14. The lowest BCUT2D eigenvalue weighted by molar-refractivity contribution is 0.631. The first-order valence-electron chi connectivity index (χ1n) is 4.56. The topological polar surface area (TPSA) is 38.9 Å². The van der Waals surface area contributed by atoms with Crippen molar-refractivity contribution in [3.63, 3.8) is 0 Å². The average molecular weight is 292 g/mol. The molecule has 0 radical (unpaired) electrons. The van der Waals surface area contributed by atoms with Gasteiger partial charge in [-0.3, -0.25) is 0 Å². The van der Waals surface area contributed by atoms with Crippen LogP contribution >= 0.6 is 34.8 Å². The van der Waals surface area contributed by atoms with E-state index in [1.165, 1.54) is 18.2 Å². The van der Waals surface area contributed by atoms with Gasteiger partial charge in [0.15, 0.2) is 0 Å². The molecule has 0 atom stereocenters. The number of nitrogens with zero attached hydrogens (tertiary/aromatic N) is 1. The molecule has 2 aromatic rings. The Morgan fingerprint density at radius 1 is 1.06 bits per heavy atom. The Bertz CT molecular complexity index is 587. The van der Waals surface area contributed by atoms with Crippen molar-refractivity contribution in [2.24, 2.45) is 0 Å². The molecule has 0 unspecified atom stereocenters. The maximum Gasteiger partial charge on any atom is 0.143 e. The summed E-state index contributed by atoms with van der Waals surface area (Å²) in [5, 5.41) is 0.753. The van der Waals surface area contributed by atoms with Gasteiger partial charge in [-0.2, -0.15) is 0 Å². The first-order chi connectivity index (χ1) is 7.99. The molecule has 2 rings (SSSR count). The van der Waals surface area contributed by atoms with E-state index in [-0.39, 0.29) is 27.1 Å². The number of anilines is 1. The van der Waals surface area contributed by atoms with Gasteiger partial charge in [0.05, 0.1) is 15.7 Å². The van der Waals surface area contributed by atoms with Crippen molar-refractivity contribution < 1.29 is 4.39 Å². The lowest BCUT2D eigenvalue weighted by Gasteiger charge is -2.07. The SMILES string of the molecule is Nc1nc(-c2ccc(Cl)cc2F)c(Cl)cc1Cl. The zero-order valence-electron chi connectivity index (χ0n) is 8.35. The molecule has 0 aliphatic rings. The highest BCUT2D eigenvalue weighted by Gasteiger charge is 2.13. The first-order valence-corrected chi connectivity index (χ1v) is 5.69. The van der Waals surface area contributed by atoms with Gasteiger partial charge in [0.25, 0.3) is 0 Å². The van der Waals surface area contributed by atoms with Gasteiger partial charge in [-0.25, -0.2) is 9.37 Å². The molecule has 0 aliphatic heterocycles. The summed E-state index contributed by atoms with van der Waals surface area (Å²) in [7, 11) is 0. The average Bonchev–Trinajstić information content (AvgIpc) is 2.24. The Hall–Kier alpha value is -1.03. The molecule has 88 valence electrons. The summed E-state index contributed by atoms with van der Waals surface area (Å²) in [6, 6.07) is 5.64. The van der Waals surface area contributed by atoms with Crippen LogP contribution in [0.25, 0.3) is 11.3 Å². The highest BCUT2D eigenvalue weighted by molar-refractivity contribution is 6.37. The van der Waals surface area contributed by atoms with E-state index in [0.29, 0.717) is 5.02 Å². The minimum absolute atomic E-state index is 0.0976. The van der Waals surface area contributed by atoms with Crippen molar-refractivity contribution in [2.45, 2.75) is 0 Å². The third kappa shape index (κ3) is 2.46. The van der Waals surface area contributed by atoms with E-state index in [1.807, 2.05) is 0 Å². The maximum absolute atomic E-state index is 13.7. The highest BCUT2D eigenvalue weighted by Crippen LogP contribution is 2.33. The number of aromatic nitrogens is 1. The fraction of sp³-hybridized carbons (Fsp3) is 0. The number of halogens is 4. The second-order valence-electron chi connectivity index (χ2n) is 3.31. The predicted molar refractivity (Wildman–Crippen MR) is 69.1 cm³/mol. The quantitative estimate of drug-likeness (QED) is 0.844. The van der Waals surface area contributed by atoms with Gasteiger partial charge in [-0.15, -0.1) is 0 Å². The van der Waals surface area contributed by atoms with Crippen LogP contribution in [0, 0.1) is 5.82 Å². The third-order valence-corrected chi connectivity index (χ3v) is 2.97. The molecule has 6 heteroatoms. The predicted octanol–water partition coefficient (Wildman–Crippen LogP) is 4.43. The number of pyridine rings is 1. The Kier molecular flexibility index (Phi) is 3.43. The molecule has 17 heavy (non-hydrogen) atoms. The van der Waals surface area contributed by atoms with Crippen molar-refractivity contribution in [1.82, 2.24) is 4.98 Å². The van der Waals surface area contributed by atoms with Crippen molar-refractivity contribution in [3.8, 4) is 11.3 Å². The molecule has 2 nitrogen and oxygen atoms in total. The Morgan fingerprint density at radius 3 is 2.41 bits per heavy atom. The van der Waals surface area contributed by atoms with Gasteiger partial charge >= 0.3 is 0 Å². The molecule has 0 saturated carbocycles. The van der Waals surface area contributed by atoms with Crippen LogP contribution in [0.1, 0.15) is 0 Å². The highest BCUT2D eigenvalue weighted by atomic mass is 35.5. The zero-order chi connectivity index (χ0) is 12.6. The molecule has 0 spiro atoms. The standard InChI is InChI=1S/C11H6Cl3FN2/c12-5-1-2-6(9(15)3-5)10-7(13)4-8(14)11(16)17-10/h1-4H,(H2,16,17). The molecular formula is C11H6Cl3FN2. The second-order valence-corrected chi connectivity index (χ2v) is 4.56. The van der Waals surface area contributed by atoms with Crippen LogP contribution in [0.2, 0.25) is 15.1 Å². The molecule has 0 saturated heterocycles. The lowest BCUT2D eigenvalue weighted by Crippen LogP contribution is -1.96. The Morgan fingerprint density at radius 2 is 1.76 bits per heavy atom. The normalized spacial score (nSPS) is 10.6. The number of rotatable bonds is 1. The molecule has 2 N–H and O–H groups in total. The number of hydrogen-bond acceptors (Lipinski definition) is 2. The van der Waals surface area contributed by atoms with Crippen LogP contribution in [0.3, 0.4) is 0 Å². The summed E-state index contributed by atoms with van der Waals surface area (Å²) in [6.45, 7) is 0. The zero-order valence-corrected chi connectivity index (χ0v) is 10.6. The van der Waals surface area contributed by atoms with Gasteiger partial charge in [0.1, 0.15) is 11.6 Å². The fourth-order valence-corrected chi connectivity index (χ4v) is 1.97. The van der Waals surface area contributed by atoms with Crippen molar-refractivity contribution in [2.75, 3.05) is 5.73 Å². The molecule has 0 amide bonds. The molecule has 1 aromatic carbocycles. The molecule has 0 aliphatic carbocycles. The number of hydrogen-bond donors (Lipinski definition) is 1.